The van der Waals surface area contributed by atoms with Gasteiger partial charge in [0, 0.05) is 23.5 Å². The molecule has 3 rings (SSSR count). The van der Waals surface area contributed by atoms with Crippen LogP contribution < -0.4 is 10.1 Å². The van der Waals surface area contributed by atoms with Gasteiger partial charge in [-0.05, 0) is 26.3 Å². The molecular weight excluding hydrogens is 322 g/mol. The zero-order valence-corrected chi connectivity index (χ0v) is 14.8. The van der Waals surface area contributed by atoms with Crippen LogP contribution in [0.15, 0.2) is 23.8 Å². The summed E-state index contributed by atoms with van der Waals surface area (Å²) >= 11 is 0. The van der Waals surface area contributed by atoms with Gasteiger partial charge in [0.1, 0.15) is 5.75 Å². The number of aliphatic hydroxyl groups excluding tert-OH is 1. The van der Waals surface area contributed by atoms with Gasteiger partial charge in [0.25, 0.3) is 5.91 Å². The summed E-state index contributed by atoms with van der Waals surface area (Å²) in [6.07, 6.45) is 1.45. The van der Waals surface area contributed by atoms with E-state index in [2.05, 4.69) is 5.32 Å². The third kappa shape index (κ3) is 2.80. The van der Waals surface area contributed by atoms with Crippen LogP contribution >= 0.6 is 0 Å². The minimum Gasteiger partial charge on any atom is -0.508 e. The number of hydrogen-bond donors (Lipinski definition) is 3. The van der Waals surface area contributed by atoms with Crippen LogP contribution in [-0.4, -0.2) is 27.5 Å². The summed E-state index contributed by atoms with van der Waals surface area (Å²) < 4.78 is 5.88. The lowest BCUT2D eigenvalue weighted by molar-refractivity contribution is -0.147. The third-order valence-electron chi connectivity index (χ3n) is 5.00. The van der Waals surface area contributed by atoms with Gasteiger partial charge in [0.15, 0.2) is 11.5 Å². The number of carbonyl (C=O) groups is 2. The molecule has 4 atom stereocenters. The van der Waals surface area contributed by atoms with E-state index in [0.29, 0.717) is 12.0 Å². The van der Waals surface area contributed by atoms with E-state index >= 15 is 0 Å². The van der Waals surface area contributed by atoms with Crippen molar-refractivity contribution >= 4 is 17.4 Å². The first-order valence-electron chi connectivity index (χ1n) is 8.40. The molecule has 1 aromatic rings. The molecule has 2 bridgehead atoms. The van der Waals surface area contributed by atoms with Gasteiger partial charge in [-0.15, -0.1) is 0 Å². The maximum Gasteiger partial charge on any atom is 0.276 e. The number of aromatic hydroxyl groups is 1. The summed E-state index contributed by atoms with van der Waals surface area (Å²) in [7, 11) is 0. The van der Waals surface area contributed by atoms with Crippen molar-refractivity contribution in [1.29, 1.82) is 0 Å². The van der Waals surface area contributed by atoms with Crippen molar-refractivity contribution in [2.75, 3.05) is 5.32 Å². The average molecular weight is 345 g/mol. The number of allylic oxidation sites excluding steroid dienone is 1. The van der Waals surface area contributed by atoms with Crippen LogP contribution in [0.25, 0.3) is 0 Å². The first-order valence-corrected chi connectivity index (χ1v) is 8.40. The Hall–Kier alpha value is -2.34. The number of ketones is 1. The van der Waals surface area contributed by atoms with Gasteiger partial charge in [-0.25, -0.2) is 0 Å². The van der Waals surface area contributed by atoms with E-state index in [4.69, 9.17) is 4.74 Å². The van der Waals surface area contributed by atoms with E-state index in [1.807, 2.05) is 19.9 Å². The smallest absolute Gasteiger partial charge is 0.276 e. The second kappa shape index (κ2) is 5.88. The topological polar surface area (TPSA) is 95.9 Å². The van der Waals surface area contributed by atoms with Crippen LogP contribution in [0, 0.1) is 11.8 Å². The molecule has 0 aliphatic carbocycles. The fourth-order valence-electron chi connectivity index (χ4n) is 3.65. The Kier molecular flexibility index (Phi) is 4.11. The van der Waals surface area contributed by atoms with Crippen molar-refractivity contribution < 1.29 is 24.5 Å². The number of hydrogen-bond acceptors (Lipinski definition) is 5. The number of anilines is 1. The summed E-state index contributed by atoms with van der Waals surface area (Å²) in [4.78, 5) is 25.5. The van der Waals surface area contributed by atoms with Crippen molar-refractivity contribution in [3.05, 3.63) is 29.3 Å². The van der Waals surface area contributed by atoms with E-state index in [0.717, 1.165) is 5.57 Å². The number of ether oxygens (including phenoxy) is 1. The number of nitrogens with one attached hydrogen (secondary N) is 1. The molecule has 3 N–H and O–H groups in total. The second-order valence-corrected chi connectivity index (χ2v) is 7.29. The minimum atomic E-state index is -1.67. The summed E-state index contributed by atoms with van der Waals surface area (Å²) in [6, 6.07) is 2.76. The van der Waals surface area contributed by atoms with Gasteiger partial charge < -0.3 is 20.3 Å². The number of aliphatic hydroxyl groups is 1. The quantitative estimate of drug-likeness (QED) is 0.496. The van der Waals surface area contributed by atoms with Crippen molar-refractivity contribution in [2.24, 2.45) is 11.8 Å². The van der Waals surface area contributed by atoms with Crippen LogP contribution in [0.5, 0.6) is 11.5 Å². The monoisotopic (exact) mass is 345 g/mol. The highest BCUT2D eigenvalue weighted by Gasteiger charge is 2.49. The Bertz CT molecular complexity index is 784. The van der Waals surface area contributed by atoms with Crippen LogP contribution in [-0.2, 0) is 9.59 Å². The average Bonchev–Trinajstić information content (AvgIpc) is 2.53. The number of carbonyl (C=O) groups excluding carboxylic acids is 2. The van der Waals surface area contributed by atoms with Gasteiger partial charge >= 0.3 is 0 Å². The number of rotatable bonds is 0. The number of amides is 1. The molecule has 134 valence electrons. The molecule has 6 heteroatoms. The summed E-state index contributed by atoms with van der Waals surface area (Å²) in [6.45, 7) is 6.98. The molecule has 25 heavy (non-hydrogen) atoms. The molecule has 0 unspecified atom stereocenters. The third-order valence-corrected chi connectivity index (χ3v) is 5.00. The van der Waals surface area contributed by atoms with Crippen LogP contribution in [0.1, 0.15) is 45.8 Å². The Labute approximate surface area is 146 Å². The van der Waals surface area contributed by atoms with Gasteiger partial charge in [-0.1, -0.05) is 25.5 Å². The van der Waals surface area contributed by atoms with E-state index in [9.17, 15) is 19.8 Å². The molecule has 2 aliphatic rings. The molecule has 6 nitrogen and oxygen atoms in total. The number of fused-ring (bicyclic) bond motifs is 1. The second-order valence-electron chi connectivity index (χ2n) is 7.29. The van der Waals surface area contributed by atoms with Crippen molar-refractivity contribution in [3.8, 4) is 11.5 Å². The van der Waals surface area contributed by atoms with E-state index in [1.165, 1.54) is 19.1 Å². The van der Waals surface area contributed by atoms with Crippen molar-refractivity contribution in [1.82, 2.24) is 0 Å². The summed E-state index contributed by atoms with van der Waals surface area (Å²) in [5.41, 5.74) is -0.117. The Morgan fingerprint density at radius 2 is 1.96 bits per heavy atom. The van der Waals surface area contributed by atoms with Crippen LogP contribution in [0.2, 0.25) is 0 Å². The molecule has 0 saturated heterocycles. The number of phenolic OH excluding ortho intramolecular Hbond substituents is 1. The van der Waals surface area contributed by atoms with E-state index in [-0.39, 0.29) is 28.9 Å². The number of benzene rings is 1. The van der Waals surface area contributed by atoms with Crippen molar-refractivity contribution in [2.45, 2.75) is 45.8 Å². The van der Waals surface area contributed by atoms with Crippen LogP contribution in [0.4, 0.5) is 5.69 Å². The van der Waals surface area contributed by atoms with E-state index in [1.54, 1.807) is 6.92 Å². The molecule has 0 saturated carbocycles. The van der Waals surface area contributed by atoms with Gasteiger partial charge in [-0.3, -0.25) is 9.59 Å². The SMILES string of the molecule is C/C1=C\[C@@H](C)[C@H](O)c2cc(O)cc3c2O[C@](C)(C(=O)N3)C(=O)[C@H](C)C1. The molecule has 2 heterocycles. The lowest BCUT2D eigenvalue weighted by Crippen LogP contribution is -2.56. The Morgan fingerprint density at radius 3 is 2.64 bits per heavy atom. The van der Waals surface area contributed by atoms with Crippen LogP contribution in [0.3, 0.4) is 0 Å². The standard InChI is InChI=1S/C19H23NO5/c1-9-5-10(2)15(22)13-7-12(21)8-14-16(13)25-19(4,18(24)20-14)17(23)11(3)6-9/h5,7-8,10-11,15,21-22H,6H2,1-4H3,(H,20,24)/b9-5+/t10-,11-,15+,19+/m1/s1. The Balaban J connectivity index is 2.25. The minimum absolute atomic E-state index is 0.0947. The zero-order valence-electron chi connectivity index (χ0n) is 14.8. The molecule has 1 aromatic carbocycles. The number of phenols is 1. The molecule has 0 aromatic heterocycles. The van der Waals surface area contributed by atoms with Gasteiger partial charge in [0.2, 0.25) is 5.60 Å². The highest BCUT2D eigenvalue weighted by atomic mass is 16.5. The molecule has 0 fully saturated rings. The maximum atomic E-state index is 12.9. The molecular formula is C19H23NO5. The molecule has 0 spiro atoms. The molecule has 2 aliphatic heterocycles. The highest BCUT2D eigenvalue weighted by molar-refractivity contribution is 6.16. The predicted octanol–water partition coefficient (Wildman–Crippen LogP) is 2.71. The lowest BCUT2D eigenvalue weighted by Gasteiger charge is -2.36. The summed E-state index contributed by atoms with van der Waals surface area (Å²) in [5.74, 6) is -1.41. The fourth-order valence-corrected chi connectivity index (χ4v) is 3.65. The first-order chi connectivity index (χ1) is 11.6. The maximum absolute atomic E-state index is 12.9. The zero-order chi connectivity index (χ0) is 18.5. The summed E-state index contributed by atoms with van der Waals surface area (Å²) in [5, 5.41) is 23.4. The number of Topliss-reactive ketones (excluding diaryl/α,β-unsaturated/α-hetero) is 1. The highest BCUT2D eigenvalue weighted by Crippen LogP contribution is 2.45. The fraction of sp³-hybridized carbons (Fsp3) is 0.474. The predicted molar refractivity (Wildman–Crippen MR) is 92.4 cm³/mol. The first kappa shape index (κ1) is 17.5. The van der Waals surface area contributed by atoms with Gasteiger partial charge in [-0.2, -0.15) is 0 Å². The van der Waals surface area contributed by atoms with E-state index < -0.39 is 23.5 Å². The van der Waals surface area contributed by atoms with Crippen molar-refractivity contribution in [3.63, 3.8) is 0 Å². The largest absolute Gasteiger partial charge is 0.508 e. The molecule has 1 amide bonds. The molecule has 0 radical (unpaired) electrons. The normalized spacial score (nSPS) is 34.3. The lowest BCUT2D eigenvalue weighted by atomic mass is 9.85. The van der Waals surface area contributed by atoms with Gasteiger partial charge in [0.05, 0.1) is 11.8 Å². The Morgan fingerprint density at radius 1 is 1.28 bits per heavy atom.